The molecule has 1 aromatic heterocycles. The predicted molar refractivity (Wildman–Crippen MR) is 173 cm³/mol. The standard InChI is InChI=1S/C29H22N2O6.C2H4Cl2.C2HF3O2/c32-24(33)16-10-19-6-12-22(13-7-19)26-27(29(36)37-18-21-4-2-1-3-5-21)31-28(30-26)23-14-8-20(9-15-23)11-17-25(34)35;1-2(3)4;3-2(4,5)1(6)7/h1-17H,18H2,(H,30,31)(H,32,33)(H,34,35);2H,1H3;(H,6,7)/b16-10+,17-11+;;. The van der Waals surface area contributed by atoms with Crippen LogP contribution in [0.2, 0.25) is 0 Å². The molecule has 4 N–H and O–H groups in total. The zero-order valence-corrected chi connectivity index (χ0v) is 26.3. The van der Waals surface area contributed by atoms with Crippen LogP contribution in [-0.4, -0.2) is 60.2 Å². The van der Waals surface area contributed by atoms with Crippen LogP contribution >= 0.6 is 23.2 Å². The Morgan fingerprint density at radius 3 is 1.67 bits per heavy atom. The maximum Gasteiger partial charge on any atom is 0.490 e. The molecule has 15 heteroatoms. The number of carbonyl (C=O) groups is 4. The molecule has 0 spiro atoms. The number of halogens is 5. The van der Waals surface area contributed by atoms with Crippen LogP contribution in [-0.2, 0) is 25.7 Å². The average molecular weight is 707 g/mol. The zero-order chi connectivity index (χ0) is 35.9. The maximum atomic E-state index is 13.1. The van der Waals surface area contributed by atoms with Crippen LogP contribution in [0.25, 0.3) is 34.8 Å². The second-order valence-corrected chi connectivity index (χ2v) is 10.8. The first kappa shape index (κ1) is 38.8. The van der Waals surface area contributed by atoms with Crippen LogP contribution in [0.1, 0.15) is 34.1 Å². The Labute approximate surface area is 281 Å². The van der Waals surface area contributed by atoms with Crippen molar-refractivity contribution in [2.75, 3.05) is 0 Å². The number of benzene rings is 3. The number of esters is 1. The van der Waals surface area contributed by atoms with Gasteiger partial charge < -0.3 is 25.0 Å². The summed E-state index contributed by atoms with van der Waals surface area (Å²) in [5.41, 5.74) is 4.12. The van der Waals surface area contributed by atoms with E-state index in [1.807, 2.05) is 30.3 Å². The van der Waals surface area contributed by atoms with Crippen LogP contribution in [0, 0.1) is 0 Å². The van der Waals surface area contributed by atoms with Crippen molar-refractivity contribution in [1.82, 2.24) is 9.97 Å². The fraction of sp³-hybridized carbons (Fsp3) is 0.121. The molecular formula is C33H27Cl2F3N2O8. The molecule has 48 heavy (non-hydrogen) atoms. The van der Waals surface area contributed by atoms with Crippen molar-refractivity contribution in [2.45, 2.75) is 24.5 Å². The average Bonchev–Trinajstić information content (AvgIpc) is 3.48. The van der Waals surface area contributed by atoms with Crippen molar-refractivity contribution in [2.24, 2.45) is 0 Å². The summed E-state index contributed by atoms with van der Waals surface area (Å²) >= 11 is 10.1. The highest BCUT2D eigenvalue weighted by molar-refractivity contribution is 6.43. The molecule has 4 rings (SSSR count). The molecule has 0 atom stereocenters. The Hall–Kier alpha value is -5.40. The number of nitrogens with one attached hydrogen (secondary N) is 1. The number of carboxylic acid groups (broad SMARTS) is 3. The van der Waals surface area contributed by atoms with Gasteiger partial charge >= 0.3 is 30.1 Å². The third kappa shape index (κ3) is 13.9. The Kier molecular flexibility index (Phi) is 15.1. The summed E-state index contributed by atoms with van der Waals surface area (Å²) in [5.74, 6) is -4.98. The first-order valence-corrected chi connectivity index (χ1v) is 14.4. The Morgan fingerprint density at radius 2 is 1.25 bits per heavy atom. The van der Waals surface area contributed by atoms with Crippen LogP contribution in [0.4, 0.5) is 13.2 Å². The third-order valence-corrected chi connectivity index (χ3v) is 5.57. The zero-order valence-electron chi connectivity index (χ0n) is 24.8. The van der Waals surface area contributed by atoms with Gasteiger partial charge in [0, 0.05) is 23.3 Å². The van der Waals surface area contributed by atoms with E-state index in [1.54, 1.807) is 55.5 Å². The van der Waals surface area contributed by atoms with E-state index in [9.17, 15) is 27.6 Å². The van der Waals surface area contributed by atoms with Crippen molar-refractivity contribution in [3.63, 3.8) is 0 Å². The van der Waals surface area contributed by atoms with Gasteiger partial charge in [-0.3, -0.25) is 0 Å². The highest BCUT2D eigenvalue weighted by Crippen LogP contribution is 2.28. The number of hydrogen-bond donors (Lipinski definition) is 4. The van der Waals surface area contributed by atoms with Crippen LogP contribution in [0.15, 0.2) is 91.0 Å². The minimum atomic E-state index is -5.08. The van der Waals surface area contributed by atoms with Gasteiger partial charge in [0.1, 0.15) is 23.0 Å². The summed E-state index contributed by atoms with van der Waals surface area (Å²) in [4.78, 5) is 51.0. The van der Waals surface area contributed by atoms with Crippen molar-refractivity contribution < 1.29 is 52.4 Å². The van der Waals surface area contributed by atoms with Gasteiger partial charge in [0.15, 0.2) is 5.69 Å². The summed E-state index contributed by atoms with van der Waals surface area (Å²) in [6.45, 7) is 1.79. The SMILES string of the molecule is CC(Cl)Cl.O=C(O)/C=C/c1ccc(-c2nc(-c3ccc(/C=C/C(=O)O)cc3)c(C(=O)OCc3ccccc3)[nH]2)cc1.O=C(O)C(F)(F)F. The van der Waals surface area contributed by atoms with Crippen molar-refractivity contribution in [3.05, 3.63) is 113 Å². The second kappa shape index (κ2) is 18.7. The molecule has 0 bridgehead atoms. The number of rotatable bonds is 9. The molecule has 252 valence electrons. The van der Waals surface area contributed by atoms with Gasteiger partial charge in [-0.2, -0.15) is 13.2 Å². The van der Waals surface area contributed by atoms with Gasteiger partial charge in [-0.25, -0.2) is 24.2 Å². The van der Waals surface area contributed by atoms with E-state index in [0.717, 1.165) is 17.7 Å². The highest BCUT2D eigenvalue weighted by atomic mass is 35.5. The van der Waals surface area contributed by atoms with Gasteiger partial charge in [-0.15, -0.1) is 23.2 Å². The second-order valence-electron chi connectivity index (χ2n) is 9.28. The van der Waals surface area contributed by atoms with E-state index >= 15 is 0 Å². The van der Waals surface area contributed by atoms with Crippen molar-refractivity contribution >= 4 is 59.2 Å². The number of imidazole rings is 1. The number of nitrogens with zero attached hydrogens (tertiary/aromatic N) is 1. The number of H-pyrrole nitrogens is 1. The van der Waals surface area contributed by atoms with Gasteiger partial charge in [-0.05, 0) is 35.8 Å². The van der Waals surface area contributed by atoms with Gasteiger partial charge in [-0.1, -0.05) is 78.9 Å². The van der Waals surface area contributed by atoms with E-state index in [2.05, 4.69) is 9.97 Å². The van der Waals surface area contributed by atoms with Crippen molar-refractivity contribution in [1.29, 1.82) is 0 Å². The molecule has 0 aliphatic carbocycles. The fourth-order valence-corrected chi connectivity index (χ4v) is 3.50. The predicted octanol–water partition coefficient (Wildman–Crippen LogP) is 7.74. The van der Waals surface area contributed by atoms with Crippen LogP contribution < -0.4 is 0 Å². The number of hydrogen-bond acceptors (Lipinski definition) is 6. The highest BCUT2D eigenvalue weighted by Gasteiger charge is 2.38. The molecule has 4 aromatic rings. The van der Waals surface area contributed by atoms with Crippen LogP contribution in [0.5, 0.6) is 0 Å². The lowest BCUT2D eigenvalue weighted by atomic mass is 10.1. The lowest BCUT2D eigenvalue weighted by molar-refractivity contribution is -0.192. The number of carboxylic acids is 3. The normalized spacial score (nSPS) is 11.0. The van der Waals surface area contributed by atoms with E-state index < -0.39 is 30.1 Å². The minimum absolute atomic E-state index is 0.0942. The van der Waals surface area contributed by atoms with Gasteiger partial charge in [0.2, 0.25) is 0 Å². The monoisotopic (exact) mass is 706 g/mol. The van der Waals surface area contributed by atoms with E-state index in [0.29, 0.717) is 33.8 Å². The minimum Gasteiger partial charge on any atom is -0.478 e. The molecule has 0 unspecified atom stereocenters. The van der Waals surface area contributed by atoms with E-state index in [1.165, 1.54) is 12.2 Å². The maximum absolute atomic E-state index is 13.1. The molecule has 0 saturated heterocycles. The van der Waals surface area contributed by atoms with Crippen molar-refractivity contribution in [3.8, 4) is 22.6 Å². The fourth-order valence-electron chi connectivity index (χ4n) is 3.50. The van der Waals surface area contributed by atoms with Gasteiger partial charge in [0.25, 0.3) is 0 Å². The number of aromatic amines is 1. The van der Waals surface area contributed by atoms with E-state index in [4.69, 9.17) is 48.1 Å². The largest absolute Gasteiger partial charge is 0.490 e. The lowest BCUT2D eigenvalue weighted by Crippen LogP contribution is -2.21. The molecule has 0 amide bonds. The molecule has 0 aliphatic heterocycles. The molecular weight excluding hydrogens is 680 g/mol. The number of ether oxygens (including phenoxy) is 1. The summed E-state index contributed by atoms with van der Waals surface area (Å²) in [5, 5.41) is 24.8. The Balaban J connectivity index is 0.000000629. The summed E-state index contributed by atoms with van der Waals surface area (Å²) in [6.07, 6.45) is -0.0383. The molecule has 0 aliphatic rings. The molecule has 0 radical (unpaired) electrons. The quantitative estimate of drug-likeness (QED) is 0.0773. The Bertz CT molecular complexity index is 1730. The summed E-state index contributed by atoms with van der Waals surface area (Å²) in [7, 11) is 0. The smallest absolute Gasteiger partial charge is 0.478 e. The molecule has 10 nitrogen and oxygen atoms in total. The summed E-state index contributed by atoms with van der Waals surface area (Å²) < 4.78 is 37.3. The van der Waals surface area contributed by atoms with E-state index in [-0.39, 0.29) is 17.1 Å². The number of alkyl halides is 5. The Morgan fingerprint density at radius 1 is 0.812 bits per heavy atom. The number of aromatic nitrogens is 2. The number of aliphatic carboxylic acids is 3. The molecule has 0 saturated carbocycles. The van der Waals surface area contributed by atoms with Gasteiger partial charge in [0.05, 0.1) is 0 Å². The first-order chi connectivity index (χ1) is 22.6. The third-order valence-electron chi connectivity index (χ3n) is 5.57. The topological polar surface area (TPSA) is 167 Å². The number of carbonyl (C=O) groups excluding carboxylic acids is 1. The molecule has 0 fully saturated rings. The molecule has 1 heterocycles. The van der Waals surface area contributed by atoms with Crippen LogP contribution in [0.3, 0.4) is 0 Å². The summed E-state index contributed by atoms with van der Waals surface area (Å²) in [6, 6.07) is 23.3. The molecule has 3 aromatic carbocycles. The first-order valence-electron chi connectivity index (χ1n) is 13.5. The lowest BCUT2D eigenvalue weighted by Gasteiger charge is -2.06.